The standard InChI is InChI=1S/C7H13F2NO2S/c1-5(2-3-10)13-4-7(8,9)6(11)12/h5H,2-4,10H2,1H3,(H,11,12). The van der Waals surface area contributed by atoms with Gasteiger partial charge in [0.1, 0.15) is 0 Å². The second kappa shape index (κ2) is 5.39. The van der Waals surface area contributed by atoms with E-state index >= 15 is 0 Å². The molecule has 0 aliphatic rings. The van der Waals surface area contributed by atoms with Gasteiger partial charge < -0.3 is 10.8 Å². The quantitative estimate of drug-likeness (QED) is 0.695. The third-order valence-electron chi connectivity index (χ3n) is 1.44. The Morgan fingerprint density at radius 2 is 2.23 bits per heavy atom. The first-order chi connectivity index (χ1) is 5.90. The van der Waals surface area contributed by atoms with Crippen LogP contribution < -0.4 is 5.73 Å². The number of carbonyl (C=O) groups is 1. The minimum atomic E-state index is -3.63. The number of carboxylic acid groups (broad SMARTS) is 1. The van der Waals surface area contributed by atoms with Crippen LogP contribution >= 0.6 is 11.8 Å². The number of thioether (sulfide) groups is 1. The van der Waals surface area contributed by atoms with Gasteiger partial charge in [-0.3, -0.25) is 0 Å². The summed E-state index contributed by atoms with van der Waals surface area (Å²) < 4.78 is 25.0. The zero-order valence-electron chi connectivity index (χ0n) is 7.30. The summed E-state index contributed by atoms with van der Waals surface area (Å²) in [5.74, 6) is -6.39. The predicted octanol–water partition coefficient (Wildman–Crippen LogP) is 1.18. The molecular weight excluding hydrogens is 200 g/mol. The number of halogens is 2. The molecule has 0 spiro atoms. The molecule has 0 bridgehead atoms. The largest absolute Gasteiger partial charge is 0.477 e. The molecule has 0 heterocycles. The molecule has 3 N–H and O–H groups in total. The van der Waals surface area contributed by atoms with Crippen LogP contribution in [0.1, 0.15) is 13.3 Å². The van der Waals surface area contributed by atoms with Gasteiger partial charge in [0.05, 0.1) is 5.75 Å². The molecule has 0 aromatic heterocycles. The van der Waals surface area contributed by atoms with E-state index in [1.807, 2.05) is 0 Å². The molecule has 78 valence electrons. The molecule has 0 rings (SSSR count). The van der Waals surface area contributed by atoms with Gasteiger partial charge in [0, 0.05) is 5.25 Å². The third kappa shape index (κ3) is 5.05. The second-order valence-electron chi connectivity index (χ2n) is 2.71. The lowest BCUT2D eigenvalue weighted by molar-refractivity contribution is -0.161. The van der Waals surface area contributed by atoms with Crippen molar-refractivity contribution in [1.29, 1.82) is 0 Å². The Morgan fingerprint density at radius 1 is 1.69 bits per heavy atom. The van der Waals surface area contributed by atoms with Crippen molar-refractivity contribution in [1.82, 2.24) is 0 Å². The van der Waals surface area contributed by atoms with Crippen molar-refractivity contribution in [3.63, 3.8) is 0 Å². The van der Waals surface area contributed by atoms with Gasteiger partial charge >= 0.3 is 11.9 Å². The van der Waals surface area contributed by atoms with Crippen LogP contribution in [0.2, 0.25) is 0 Å². The maximum absolute atomic E-state index is 12.5. The van der Waals surface area contributed by atoms with Crippen molar-refractivity contribution in [3.05, 3.63) is 0 Å². The van der Waals surface area contributed by atoms with Gasteiger partial charge in [0.15, 0.2) is 0 Å². The molecule has 13 heavy (non-hydrogen) atoms. The van der Waals surface area contributed by atoms with Crippen molar-refractivity contribution < 1.29 is 18.7 Å². The zero-order valence-corrected chi connectivity index (χ0v) is 8.11. The van der Waals surface area contributed by atoms with Crippen molar-refractivity contribution in [2.24, 2.45) is 5.73 Å². The van der Waals surface area contributed by atoms with E-state index in [-0.39, 0.29) is 5.25 Å². The summed E-state index contributed by atoms with van der Waals surface area (Å²) in [4.78, 5) is 10.0. The van der Waals surface area contributed by atoms with Crippen molar-refractivity contribution in [2.45, 2.75) is 24.5 Å². The van der Waals surface area contributed by atoms with E-state index < -0.39 is 17.6 Å². The highest BCUT2D eigenvalue weighted by atomic mass is 32.2. The molecule has 0 saturated heterocycles. The fourth-order valence-electron chi connectivity index (χ4n) is 0.627. The Balaban J connectivity index is 3.80. The number of rotatable bonds is 6. The Kier molecular flexibility index (Phi) is 5.24. The first-order valence-electron chi connectivity index (χ1n) is 3.83. The first-order valence-corrected chi connectivity index (χ1v) is 4.88. The molecule has 6 heteroatoms. The zero-order chi connectivity index (χ0) is 10.5. The lowest BCUT2D eigenvalue weighted by Crippen LogP contribution is -2.31. The van der Waals surface area contributed by atoms with Crippen LogP contribution in [0.5, 0.6) is 0 Å². The van der Waals surface area contributed by atoms with E-state index in [0.29, 0.717) is 13.0 Å². The number of nitrogens with two attached hydrogens (primary N) is 1. The molecule has 0 aliphatic heterocycles. The van der Waals surface area contributed by atoms with Crippen molar-refractivity contribution in [2.75, 3.05) is 12.3 Å². The topological polar surface area (TPSA) is 63.3 Å². The van der Waals surface area contributed by atoms with E-state index in [2.05, 4.69) is 0 Å². The van der Waals surface area contributed by atoms with Gasteiger partial charge in [-0.05, 0) is 13.0 Å². The summed E-state index contributed by atoms with van der Waals surface area (Å²) >= 11 is 0.925. The summed E-state index contributed by atoms with van der Waals surface area (Å²) in [7, 11) is 0. The molecule has 0 aliphatic carbocycles. The second-order valence-corrected chi connectivity index (χ2v) is 4.14. The van der Waals surface area contributed by atoms with Crippen molar-refractivity contribution in [3.8, 4) is 0 Å². The van der Waals surface area contributed by atoms with Crippen LogP contribution in [0.3, 0.4) is 0 Å². The third-order valence-corrected chi connectivity index (χ3v) is 2.77. The van der Waals surface area contributed by atoms with Gasteiger partial charge in [-0.2, -0.15) is 20.5 Å². The Labute approximate surface area is 79.7 Å². The highest BCUT2D eigenvalue weighted by molar-refractivity contribution is 7.99. The Hall–Kier alpha value is -0.360. The maximum Gasteiger partial charge on any atom is 0.375 e. The molecule has 0 amide bonds. The van der Waals surface area contributed by atoms with Crippen LogP contribution in [0, 0.1) is 0 Å². The summed E-state index contributed by atoms with van der Waals surface area (Å²) in [6.45, 7) is 2.17. The molecule has 1 atom stereocenters. The van der Waals surface area contributed by atoms with Crippen LogP contribution in [0.25, 0.3) is 0 Å². The molecule has 0 aromatic rings. The maximum atomic E-state index is 12.5. The number of carboxylic acids is 1. The van der Waals surface area contributed by atoms with E-state index in [1.54, 1.807) is 6.92 Å². The fraction of sp³-hybridized carbons (Fsp3) is 0.857. The van der Waals surface area contributed by atoms with Gasteiger partial charge in [-0.15, -0.1) is 0 Å². The minimum absolute atomic E-state index is 0.0322. The monoisotopic (exact) mass is 213 g/mol. The highest BCUT2D eigenvalue weighted by Crippen LogP contribution is 2.24. The summed E-state index contributed by atoms with van der Waals surface area (Å²) in [6.07, 6.45) is 0.611. The number of hydrogen-bond donors (Lipinski definition) is 2. The lowest BCUT2D eigenvalue weighted by atomic mass is 10.3. The van der Waals surface area contributed by atoms with Gasteiger partial charge in [-0.25, -0.2) is 4.79 Å². The number of hydrogen-bond acceptors (Lipinski definition) is 3. The molecule has 0 fully saturated rings. The SMILES string of the molecule is CC(CCN)SCC(F)(F)C(=O)O. The van der Waals surface area contributed by atoms with Gasteiger partial charge in [0.2, 0.25) is 0 Å². The molecular formula is C7H13F2NO2S. The molecule has 3 nitrogen and oxygen atoms in total. The smallest absolute Gasteiger partial charge is 0.375 e. The summed E-state index contributed by atoms with van der Waals surface area (Å²) in [5, 5.41) is 8.06. The van der Waals surface area contributed by atoms with Gasteiger partial charge in [0.25, 0.3) is 0 Å². The Morgan fingerprint density at radius 3 is 2.62 bits per heavy atom. The first kappa shape index (κ1) is 12.6. The van der Waals surface area contributed by atoms with Crippen LogP contribution in [-0.4, -0.2) is 34.5 Å². The Bertz CT molecular complexity index is 178. The predicted molar refractivity (Wildman–Crippen MR) is 48.2 cm³/mol. The van der Waals surface area contributed by atoms with Crippen LogP contribution in [0.15, 0.2) is 0 Å². The summed E-state index contributed by atoms with van der Waals surface area (Å²) in [5.41, 5.74) is 5.21. The average molecular weight is 213 g/mol. The highest BCUT2D eigenvalue weighted by Gasteiger charge is 2.38. The summed E-state index contributed by atoms with van der Waals surface area (Å²) in [6, 6.07) is 0. The van der Waals surface area contributed by atoms with Crippen LogP contribution in [-0.2, 0) is 4.79 Å². The van der Waals surface area contributed by atoms with E-state index in [0.717, 1.165) is 11.8 Å². The average Bonchev–Trinajstić information content (AvgIpc) is 2.01. The van der Waals surface area contributed by atoms with Crippen LogP contribution in [0.4, 0.5) is 8.78 Å². The van der Waals surface area contributed by atoms with Gasteiger partial charge in [-0.1, -0.05) is 6.92 Å². The molecule has 0 saturated carbocycles. The number of aliphatic carboxylic acids is 1. The lowest BCUT2D eigenvalue weighted by Gasteiger charge is -2.14. The van der Waals surface area contributed by atoms with E-state index in [9.17, 15) is 13.6 Å². The fourth-order valence-corrected chi connectivity index (χ4v) is 1.55. The van der Waals surface area contributed by atoms with Crippen molar-refractivity contribution >= 4 is 17.7 Å². The van der Waals surface area contributed by atoms with E-state index in [1.165, 1.54) is 0 Å². The molecule has 0 radical (unpaired) electrons. The normalized spacial score (nSPS) is 14.2. The molecule has 1 unspecified atom stereocenters. The minimum Gasteiger partial charge on any atom is -0.477 e. The molecule has 0 aromatic carbocycles. The number of alkyl halides is 2. The van der Waals surface area contributed by atoms with E-state index in [4.69, 9.17) is 10.8 Å².